The maximum absolute atomic E-state index is 13.2. The molecule has 8 nitrogen and oxygen atoms in total. The van der Waals surface area contributed by atoms with Crippen LogP contribution in [0.4, 0.5) is 0 Å². The number of ether oxygens (including phenoxy) is 1. The van der Waals surface area contributed by atoms with E-state index in [1.807, 2.05) is 24.3 Å². The summed E-state index contributed by atoms with van der Waals surface area (Å²) in [4.78, 5) is 24.5. The van der Waals surface area contributed by atoms with Gasteiger partial charge in [-0.2, -0.15) is 5.06 Å². The van der Waals surface area contributed by atoms with Crippen molar-refractivity contribution in [1.29, 1.82) is 0 Å². The smallest absolute Gasteiger partial charge is 0.270 e. The number of nitrogens with zero attached hydrogens (tertiary/aromatic N) is 2. The zero-order chi connectivity index (χ0) is 21.2. The molecule has 1 aromatic rings. The molecule has 2 aliphatic heterocycles. The minimum absolute atomic E-state index is 0.264. The maximum atomic E-state index is 13.2. The van der Waals surface area contributed by atoms with Crippen molar-refractivity contribution in [1.82, 2.24) is 5.06 Å². The fourth-order valence-electron chi connectivity index (χ4n) is 2.89. The number of halogens is 1. The summed E-state index contributed by atoms with van der Waals surface area (Å²) in [5, 5.41) is 5.09. The minimum atomic E-state index is -3.70. The lowest BCUT2D eigenvalue weighted by Crippen LogP contribution is -2.54. The Labute approximate surface area is 179 Å². The van der Waals surface area contributed by atoms with Gasteiger partial charge in [0.15, 0.2) is 16.1 Å². The summed E-state index contributed by atoms with van der Waals surface area (Å²) in [6.45, 7) is 3.23. The monoisotopic (exact) mass is 488 g/mol. The number of carbonyl (C=O) groups is 1. The second-order valence-corrected chi connectivity index (χ2v) is 11.1. The van der Waals surface area contributed by atoms with Gasteiger partial charge in [-0.05, 0) is 44.4 Å². The van der Waals surface area contributed by atoms with E-state index in [1.54, 1.807) is 0 Å². The van der Waals surface area contributed by atoms with E-state index >= 15 is 0 Å². The first kappa shape index (κ1) is 22.2. The van der Waals surface area contributed by atoms with Crippen LogP contribution in [-0.4, -0.2) is 55.2 Å². The highest BCUT2D eigenvalue weighted by molar-refractivity contribution is 9.10. The average molecular weight is 489 g/mol. The van der Waals surface area contributed by atoms with Gasteiger partial charge in [0, 0.05) is 23.8 Å². The van der Waals surface area contributed by atoms with Gasteiger partial charge in [0.25, 0.3) is 5.91 Å². The zero-order valence-corrected chi connectivity index (χ0v) is 19.0. The van der Waals surface area contributed by atoms with E-state index in [-0.39, 0.29) is 6.42 Å². The maximum Gasteiger partial charge on any atom is 0.270 e. The predicted octanol–water partition coefficient (Wildman–Crippen LogP) is 3.01. The van der Waals surface area contributed by atoms with Crippen molar-refractivity contribution in [3.05, 3.63) is 34.3 Å². The molecule has 0 N–H and O–H groups in total. The zero-order valence-electron chi connectivity index (χ0n) is 16.6. The lowest BCUT2D eigenvalue weighted by Gasteiger charge is -2.35. The van der Waals surface area contributed by atoms with Crippen molar-refractivity contribution in [2.75, 3.05) is 12.9 Å². The van der Waals surface area contributed by atoms with Crippen molar-refractivity contribution in [3.63, 3.8) is 0 Å². The summed E-state index contributed by atoms with van der Waals surface area (Å²) < 4.78 is 29.3. The Kier molecular flexibility index (Phi) is 6.67. The third-order valence-electron chi connectivity index (χ3n) is 5.10. The first-order valence-corrected chi connectivity index (χ1v) is 12.1. The Balaban J connectivity index is 1.81. The van der Waals surface area contributed by atoms with Crippen LogP contribution in [-0.2, 0) is 29.0 Å². The average Bonchev–Trinajstić information content (AvgIpc) is 3.16. The number of carbonyl (C=O) groups excluding carboxylic acids is 1. The van der Waals surface area contributed by atoms with Crippen LogP contribution in [0.15, 0.2) is 33.9 Å². The first-order valence-electron chi connectivity index (χ1n) is 9.40. The predicted molar refractivity (Wildman–Crippen MR) is 111 cm³/mol. The molecule has 160 valence electrons. The van der Waals surface area contributed by atoms with Crippen LogP contribution in [0.1, 0.15) is 45.1 Å². The van der Waals surface area contributed by atoms with E-state index in [1.165, 1.54) is 13.8 Å². The molecule has 2 heterocycles. The summed E-state index contributed by atoms with van der Waals surface area (Å²) in [6.07, 6.45) is 2.19. The van der Waals surface area contributed by atoms with E-state index in [4.69, 9.17) is 14.4 Å². The molecule has 0 bridgehead atoms. The van der Waals surface area contributed by atoms with Gasteiger partial charge in [0.2, 0.25) is 6.23 Å². The standard InChI is InChI=1S/C19H25BrN2O6S/c1-19(2,29(3,24)25)18(23)22(28-17-6-4-5-11-26-17)16-12-15(21-27-16)13-7-9-14(20)10-8-13/h7-10,16-17H,4-6,11-12H2,1-3H3. The SMILES string of the molecule is CC(C)(C(=O)N(OC1CCCCO1)C1CC(c2ccc(Br)cc2)=NO1)S(C)(=O)=O. The molecule has 0 radical (unpaired) electrons. The lowest BCUT2D eigenvalue weighted by atomic mass is 10.1. The second kappa shape index (κ2) is 8.71. The van der Waals surface area contributed by atoms with E-state index in [9.17, 15) is 13.2 Å². The van der Waals surface area contributed by atoms with Crippen molar-refractivity contribution in [2.45, 2.75) is 56.8 Å². The minimum Gasteiger partial charge on any atom is -0.367 e. The molecule has 2 unspecified atom stereocenters. The first-order chi connectivity index (χ1) is 13.6. The molecule has 1 aromatic carbocycles. The van der Waals surface area contributed by atoms with E-state index in [0.717, 1.165) is 34.2 Å². The topological polar surface area (TPSA) is 94.5 Å². The normalized spacial score (nSPS) is 22.7. The fourth-order valence-corrected chi connectivity index (χ4v) is 3.57. The molecular weight excluding hydrogens is 464 g/mol. The molecule has 0 saturated carbocycles. The Morgan fingerprint density at radius 1 is 1.28 bits per heavy atom. The third kappa shape index (κ3) is 4.99. The number of hydrogen-bond donors (Lipinski definition) is 0. The Hall–Kier alpha value is -1.49. The number of hydroxylamine groups is 2. The van der Waals surface area contributed by atoms with Crippen molar-refractivity contribution in [2.24, 2.45) is 5.16 Å². The highest BCUT2D eigenvalue weighted by Gasteiger charge is 2.47. The van der Waals surface area contributed by atoms with Gasteiger partial charge in [-0.3, -0.25) is 4.79 Å². The number of benzene rings is 1. The van der Waals surface area contributed by atoms with Crippen LogP contribution in [0.2, 0.25) is 0 Å². The highest BCUT2D eigenvalue weighted by Crippen LogP contribution is 2.28. The number of rotatable bonds is 6. The van der Waals surface area contributed by atoms with Crippen molar-refractivity contribution in [3.8, 4) is 0 Å². The third-order valence-corrected chi connectivity index (χ3v) is 7.66. The molecule has 0 spiro atoms. The van der Waals surface area contributed by atoms with Crippen LogP contribution in [0.5, 0.6) is 0 Å². The fraction of sp³-hybridized carbons (Fsp3) is 0.579. The molecule has 10 heteroatoms. The van der Waals surface area contributed by atoms with E-state index in [0.29, 0.717) is 18.7 Å². The molecular formula is C19H25BrN2O6S. The van der Waals surface area contributed by atoms with E-state index in [2.05, 4.69) is 21.1 Å². The summed E-state index contributed by atoms with van der Waals surface area (Å²) in [7, 11) is -3.70. The number of amides is 1. The van der Waals surface area contributed by atoms with Crippen LogP contribution in [0.25, 0.3) is 0 Å². The van der Waals surface area contributed by atoms with Gasteiger partial charge in [-0.15, -0.1) is 0 Å². The van der Waals surface area contributed by atoms with Crippen LogP contribution < -0.4 is 0 Å². The molecule has 3 rings (SSSR count). The van der Waals surface area contributed by atoms with Gasteiger partial charge >= 0.3 is 0 Å². The summed E-state index contributed by atoms with van der Waals surface area (Å²) >= 11 is 3.39. The summed E-state index contributed by atoms with van der Waals surface area (Å²) in [5.74, 6) is -0.716. The molecule has 1 fully saturated rings. The van der Waals surface area contributed by atoms with Gasteiger partial charge in [-0.25, -0.2) is 13.3 Å². The van der Waals surface area contributed by atoms with Crippen molar-refractivity contribution >= 4 is 37.4 Å². The van der Waals surface area contributed by atoms with Crippen LogP contribution >= 0.6 is 15.9 Å². The summed E-state index contributed by atoms with van der Waals surface area (Å²) in [6, 6.07) is 7.53. The summed E-state index contributed by atoms with van der Waals surface area (Å²) in [5.41, 5.74) is 1.49. The van der Waals surface area contributed by atoms with Crippen LogP contribution in [0.3, 0.4) is 0 Å². The molecule has 0 aliphatic carbocycles. The van der Waals surface area contributed by atoms with E-state index < -0.39 is 33.0 Å². The Morgan fingerprint density at radius 3 is 2.55 bits per heavy atom. The number of oxime groups is 1. The van der Waals surface area contributed by atoms with Gasteiger partial charge in [0.1, 0.15) is 4.75 Å². The van der Waals surface area contributed by atoms with Crippen LogP contribution in [0, 0.1) is 0 Å². The van der Waals surface area contributed by atoms with Gasteiger partial charge in [0.05, 0.1) is 12.1 Å². The quantitative estimate of drug-likeness (QED) is 0.571. The molecule has 0 aromatic heterocycles. The second-order valence-electron chi connectivity index (χ2n) is 7.62. The van der Waals surface area contributed by atoms with Gasteiger partial charge < -0.3 is 9.57 Å². The lowest BCUT2D eigenvalue weighted by molar-refractivity contribution is -0.317. The Bertz CT molecular complexity index is 878. The molecule has 1 saturated heterocycles. The highest BCUT2D eigenvalue weighted by atomic mass is 79.9. The molecule has 29 heavy (non-hydrogen) atoms. The Morgan fingerprint density at radius 2 is 1.97 bits per heavy atom. The molecule has 2 aliphatic rings. The number of sulfone groups is 1. The number of hydrogen-bond acceptors (Lipinski definition) is 7. The van der Waals surface area contributed by atoms with Gasteiger partial charge in [-0.1, -0.05) is 33.2 Å². The van der Waals surface area contributed by atoms with Crippen molar-refractivity contribution < 1.29 is 27.6 Å². The largest absolute Gasteiger partial charge is 0.367 e. The molecule has 2 atom stereocenters. The molecule has 1 amide bonds.